The average Bonchev–Trinajstić information content (AvgIpc) is 2.54. The van der Waals surface area contributed by atoms with Gasteiger partial charge in [-0.05, 0) is 57.2 Å². The van der Waals surface area contributed by atoms with Crippen LogP contribution < -0.4 is 5.32 Å². The van der Waals surface area contributed by atoms with Crippen molar-refractivity contribution in [1.82, 2.24) is 10.2 Å². The van der Waals surface area contributed by atoms with Crippen molar-refractivity contribution in [2.24, 2.45) is 11.8 Å². The van der Waals surface area contributed by atoms with E-state index in [0.29, 0.717) is 5.92 Å². The molecule has 1 aromatic carbocycles. The van der Waals surface area contributed by atoms with Crippen molar-refractivity contribution in [2.45, 2.75) is 52.5 Å². The minimum atomic E-state index is 0.206. The first kappa shape index (κ1) is 18.0. The summed E-state index contributed by atoms with van der Waals surface area (Å²) >= 11 is 0. The number of aryl methyl sites for hydroxylation is 1. The van der Waals surface area contributed by atoms with Gasteiger partial charge in [-0.25, -0.2) is 0 Å². The Kier molecular flexibility index (Phi) is 7.10. The maximum absolute atomic E-state index is 12.4. The molecule has 1 amide bonds. The number of amides is 1. The van der Waals surface area contributed by atoms with Crippen LogP contribution in [0.2, 0.25) is 0 Å². The Balaban J connectivity index is 1.68. The van der Waals surface area contributed by atoms with Crippen molar-refractivity contribution in [1.29, 1.82) is 0 Å². The maximum Gasteiger partial charge on any atom is 0.223 e. The van der Waals surface area contributed by atoms with E-state index in [0.717, 1.165) is 45.3 Å². The number of carbonyl (C=O) groups is 1. The Morgan fingerprint density at radius 3 is 2.43 bits per heavy atom. The first-order valence-electron chi connectivity index (χ1n) is 9.11. The molecular formula is C20H32N2O. The summed E-state index contributed by atoms with van der Waals surface area (Å²) in [6, 6.07) is 10.7. The number of nitrogens with one attached hydrogen (secondary N) is 1. The van der Waals surface area contributed by atoms with Crippen LogP contribution in [0.4, 0.5) is 0 Å². The highest BCUT2D eigenvalue weighted by Crippen LogP contribution is 2.18. The summed E-state index contributed by atoms with van der Waals surface area (Å²) in [6.45, 7) is 9.92. The molecule has 0 bridgehead atoms. The highest BCUT2D eigenvalue weighted by molar-refractivity contribution is 5.79. The second-order valence-electron chi connectivity index (χ2n) is 7.40. The first-order chi connectivity index (χ1) is 11.0. The number of hydrogen-bond donors (Lipinski definition) is 1. The van der Waals surface area contributed by atoms with Gasteiger partial charge in [-0.3, -0.25) is 4.79 Å². The molecule has 0 aromatic heterocycles. The molecule has 23 heavy (non-hydrogen) atoms. The first-order valence-corrected chi connectivity index (χ1v) is 9.11. The summed E-state index contributed by atoms with van der Waals surface area (Å²) in [6.07, 6.45) is 4.03. The highest BCUT2D eigenvalue weighted by atomic mass is 16.1. The van der Waals surface area contributed by atoms with Crippen LogP contribution in [0.15, 0.2) is 30.3 Å². The number of likely N-dealkylation sites (tertiary alicyclic amines) is 1. The normalized spacial score (nSPS) is 18.1. The van der Waals surface area contributed by atoms with Crippen molar-refractivity contribution in [3.8, 4) is 0 Å². The second-order valence-corrected chi connectivity index (χ2v) is 7.40. The number of hydrogen-bond acceptors (Lipinski definition) is 2. The minimum Gasteiger partial charge on any atom is -0.353 e. The number of piperidine rings is 1. The Hall–Kier alpha value is -1.35. The monoisotopic (exact) mass is 316 g/mol. The van der Waals surface area contributed by atoms with Gasteiger partial charge in [-0.1, -0.05) is 44.2 Å². The second kappa shape index (κ2) is 9.07. The molecule has 0 radical (unpaired) electrons. The van der Waals surface area contributed by atoms with Crippen LogP contribution in [0.25, 0.3) is 0 Å². The fraction of sp³-hybridized carbons (Fsp3) is 0.650. The largest absolute Gasteiger partial charge is 0.353 e. The van der Waals surface area contributed by atoms with E-state index >= 15 is 0 Å². The zero-order valence-corrected chi connectivity index (χ0v) is 14.9. The standard InChI is InChI=1S/C20H32N2O/c1-16(2)15-22-13-11-19(12-14-22)20(23)21-17(3)9-10-18-7-5-4-6-8-18/h4-8,16-17,19H,9-15H2,1-3H3,(H,21,23)/t17-/m1/s1. The van der Waals surface area contributed by atoms with Crippen molar-refractivity contribution in [2.75, 3.05) is 19.6 Å². The third-order valence-electron chi connectivity index (χ3n) is 4.68. The molecule has 0 saturated carbocycles. The quantitative estimate of drug-likeness (QED) is 0.835. The van der Waals surface area contributed by atoms with Gasteiger partial charge in [0.15, 0.2) is 0 Å². The zero-order chi connectivity index (χ0) is 16.7. The lowest BCUT2D eigenvalue weighted by molar-refractivity contribution is -0.127. The predicted octanol–water partition coefficient (Wildman–Crippen LogP) is 3.49. The fourth-order valence-corrected chi connectivity index (χ4v) is 3.35. The van der Waals surface area contributed by atoms with Crippen molar-refractivity contribution >= 4 is 5.91 Å². The van der Waals surface area contributed by atoms with Gasteiger partial charge in [0, 0.05) is 18.5 Å². The molecule has 1 saturated heterocycles. The molecule has 1 aliphatic rings. The van der Waals surface area contributed by atoms with E-state index in [1.54, 1.807) is 0 Å². The third kappa shape index (κ3) is 6.34. The highest BCUT2D eigenvalue weighted by Gasteiger charge is 2.25. The molecule has 1 fully saturated rings. The lowest BCUT2D eigenvalue weighted by Crippen LogP contribution is -2.43. The minimum absolute atomic E-state index is 0.206. The molecule has 0 aliphatic carbocycles. The van der Waals surface area contributed by atoms with E-state index in [9.17, 15) is 4.79 Å². The lowest BCUT2D eigenvalue weighted by atomic mass is 9.94. The molecular weight excluding hydrogens is 284 g/mol. The maximum atomic E-state index is 12.4. The van der Waals surface area contributed by atoms with Crippen molar-refractivity contribution in [3.63, 3.8) is 0 Å². The molecule has 1 heterocycles. The third-order valence-corrected chi connectivity index (χ3v) is 4.68. The Bertz CT molecular complexity index is 464. The topological polar surface area (TPSA) is 32.3 Å². The molecule has 1 aliphatic heterocycles. The Morgan fingerprint density at radius 2 is 1.83 bits per heavy atom. The van der Waals surface area contributed by atoms with E-state index in [4.69, 9.17) is 0 Å². The summed E-state index contributed by atoms with van der Waals surface area (Å²) in [5.74, 6) is 1.17. The summed E-state index contributed by atoms with van der Waals surface area (Å²) in [7, 11) is 0. The summed E-state index contributed by atoms with van der Waals surface area (Å²) in [5.41, 5.74) is 1.34. The molecule has 1 aromatic rings. The van der Waals surface area contributed by atoms with Gasteiger partial charge in [-0.15, -0.1) is 0 Å². The van der Waals surface area contributed by atoms with Crippen LogP contribution in [0.5, 0.6) is 0 Å². The van der Waals surface area contributed by atoms with E-state index in [-0.39, 0.29) is 17.9 Å². The average molecular weight is 316 g/mol. The van der Waals surface area contributed by atoms with Gasteiger partial charge >= 0.3 is 0 Å². The van der Waals surface area contributed by atoms with E-state index in [1.165, 1.54) is 5.56 Å². The number of nitrogens with zero attached hydrogens (tertiary/aromatic N) is 1. The fourth-order valence-electron chi connectivity index (χ4n) is 3.35. The van der Waals surface area contributed by atoms with E-state index in [2.05, 4.69) is 55.3 Å². The summed E-state index contributed by atoms with van der Waals surface area (Å²) in [4.78, 5) is 14.9. The molecule has 0 spiro atoms. The SMILES string of the molecule is CC(C)CN1CCC(C(=O)N[C@H](C)CCc2ccccc2)CC1. The van der Waals surface area contributed by atoms with E-state index in [1.807, 2.05) is 6.07 Å². The summed E-state index contributed by atoms with van der Waals surface area (Å²) < 4.78 is 0. The molecule has 1 atom stereocenters. The van der Waals surface area contributed by atoms with Crippen LogP contribution >= 0.6 is 0 Å². The van der Waals surface area contributed by atoms with E-state index < -0.39 is 0 Å². The Labute approximate surface area is 141 Å². The zero-order valence-electron chi connectivity index (χ0n) is 14.9. The van der Waals surface area contributed by atoms with Gasteiger partial charge in [0.2, 0.25) is 5.91 Å². The van der Waals surface area contributed by atoms with Crippen LogP contribution in [0.1, 0.15) is 45.6 Å². The molecule has 1 N–H and O–H groups in total. The van der Waals surface area contributed by atoms with Crippen LogP contribution in [-0.2, 0) is 11.2 Å². The van der Waals surface area contributed by atoms with Crippen LogP contribution in [0.3, 0.4) is 0 Å². The van der Waals surface area contributed by atoms with Crippen molar-refractivity contribution < 1.29 is 4.79 Å². The van der Waals surface area contributed by atoms with Gasteiger partial charge < -0.3 is 10.2 Å². The van der Waals surface area contributed by atoms with Gasteiger partial charge in [0.25, 0.3) is 0 Å². The predicted molar refractivity (Wildman–Crippen MR) is 96.4 cm³/mol. The number of rotatable bonds is 7. The molecule has 128 valence electrons. The molecule has 0 unspecified atom stereocenters. The Morgan fingerprint density at radius 1 is 1.17 bits per heavy atom. The van der Waals surface area contributed by atoms with Crippen molar-refractivity contribution in [3.05, 3.63) is 35.9 Å². The summed E-state index contributed by atoms with van der Waals surface area (Å²) in [5, 5.41) is 3.22. The number of benzene rings is 1. The van der Waals surface area contributed by atoms with Gasteiger partial charge in [0.05, 0.1) is 0 Å². The molecule has 2 rings (SSSR count). The molecule has 3 heteroatoms. The van der Waals surface area contributed by atoms with Gasteiger partial charge in [-0.2, -0.15) is 0 Å². The smallest absolute Gasteiger partial charge is 0.223 e. The van der Waals surface area contributed by atoms with Gasteiger partial charge in [0.1, 0.15) is 0 Å². The molecule has 3 nitrogen and oxygen atoms in total. The van der Waals surface area contributed by atoms with Crippen LogP contribution in [0, 0.1) is 11.8 Å². The number of carbonyl (C=O) groups excluding carboxylic acids is 1. The van der Waals surface area contributed by atoms with Crippen LogP contribution in [-0.4, -0.2) is 36.5 Å². The lowest BCUT2D eigenvalue weighted by Gasteiger charge is -2.32.